The van der Waals surface area contributed by atoms with Crippen LogP contribution < -0.4 is 11.5 Å². The van der Waals surface area contributed by atoms with Gasteiger partial charge in [0.2, 0.25) is 0 Å². The molecule has 18 heavy (non-hydrogen) atoms. The molecule has 4 N–H and O–H groups in total. The molecule has 0 radical (unpaired) electrons. The van der Waals surface area contributed by atoms with Crippen LogP contribution in [-0.2, 0) is 0 Å². The van der Waals surface area contributed by atoms with Crippen LogP contribution in [0.4, 0.5) is 5.69 Å². The van der Waals surface area contributed by atoms with Gasteiger partial charge in [-0.1, -0.05) is 30.3 Å². The number of carbonyl (C=O) groups is 1. The van der Waals surface area contributed by atoms with E-state index in [9.17, 15) is 4.79 Å². The Bertz CT molecular complexity index is 570. The summed E-state index contributed by atoms with van der Waals surface area (Å²) in [6.45, 7) is 0. The summed E-state index contributed by atoms with van der Waals surface area (Å²) in [4.78, 5) is 16.0. The van der Waals surface area contributed by atoms with Gasteiger partial charge in [0.05, 0.1) is 5.69 Å². The predicted octanol–water partition coefficient (Wildman–Crippen LogP) is 1.82. The fourth-order valence-corrected chi connectivity index (χ4v) is 1.59. The van der Waals surface area contributed by atoms with Crippen LogP contribution in [0.15, 0.2) is 59.6 Å². The van der Waals surface area contributed by atoms with Crippen LogP contribution in [0.5, 0.6) is 0 Å². The minimum absolute atomic E-state index is 0.00265. The van der Waals surface area contributed by atoms with Gasteiger partial charge in [-0.2, -0.15) is 0 Å². The number of aliphatic imine (C=N–C) groups is 1. The van der Waals surface area contributed by atoms with Crippen LogP contribution in [0.2, 0.25) is 0 Å². The Kier molecular flexibility index (Phi) is 3.38. The molecular formula is C14H13N3O. The highest BCUT2D eigenvalue weighted by atomic mass is 16.1. The van der Waals surface area contributed by atoms with Gasteiger partial charge in [-0.05, 0) is 24.3 Å². The van der Waals surface area contributed by atoms with Gasteiger partial charge in [0.15, 0.2) is 11.7 Å². The molecule has 0 saturated carbocycles. The molecule has 2 rings (SSSR count). The Labute approximate surface area is 105 Å². The third-order valence-electron chi connectivity index (χ3n) is 2.42. The fraction of sp³-hybridized carbons (Fsp3) is 0. The van der Waals surface area contributed by atoms with Crippen LogP contribution in [-0.4, -0.2) is 11.7 Å². The molecule has 0 bridgehead atoms. The number of carbonyl (C=O) groups excluding carboxylic acids is 1. The van der Waals surface area contributed by atoms with Crippen molar-refractivity contribution >= 4 is 17.4 Å². The molecule has 2 aromatic carbocycles. The number of guanidine groups is 1. The molecule has 0 amide bonds. The Balaban J connectivity index is 2.25. The van der Waals surface area contributed by atoms with Crippen molar-refractivity contribution in [2.24, 2.45) is 16.5 Å². The minimum Gasteiger partial charge on any atom is -0.370 e. The van der Waals surface area contributed by atoms with E-state index in [-0.39, 0.29) is 11.7 Å². The van der Waals surface area contributed by atoms with Crippen LogP contribution in [0.25, 0.3) is 0 Å². The van der Waals surface area contributed by atoms with Gasteiger partial charge in [-0.25, -0.2) is 4.99 Å². The largest absolute Gasteiger partial charge is 0.370 e. The summed E-state index contributed by atoms with van der Waals surface area (Å²) in [6.07, 6.45) is 0. The van der Waals surface area contributed by atoms with Crippen molar-refractivity contribution < 1.29 is 4.79 Å². The first kappa shape index (κ1) is 11.9. The number of nitrogens with zero attached hydrogens (tertiary/aromatic N) is 1. The van der Waals surface area contributed by atoms with Crippen molar-refractivity contribution in [3.8, 4) is 0 Å². The number of nitrogens with two attached hydrogens (primary N) is 2. The number of ketones is 1. The minimum atomic E-state index is -0.0214. The maximum atomic E-state index is 12.1. The monoisotopic (exact) mass is 239 g/mol. The zero-order chi connectivity index (χ0) is 13.0. The van der Waals surface area contributed by atoms with Gasteiger partial charge < -0.3 is 11.5 Å². The Morgan fingerprint density at radius 1 is 0.833 bits per heavy atom. The highest BCUT2D eigenvalue weighted by molar-refractivity contribution is 6.09. The standard InChI is InChI=1S/C14H13N3O/c15-14(16)17-12-8-6-11(7-9-12)13(18)10-4-2-1-3-5-10/h1-9H,(H4,15,16,17). The second kappa shape index (κ2) is 5.14. The van der Waals surface area contributed by atoms with Crippen LogP contribution in [0.1, 0.15) is 15.9 Å². The summed E-state index contributed by atoms with van der Waals surface area (Å²) < 4.78 is 0. The van der Waals surface area contributed by atoms with E-state index in [2.05, 4.69) is 4.99 Å². The predicted molar refractivity (Wildman–Crippen MR) is 71.8 cm³/mol. The van der Waals surface area contributed by atoms with Gasteiger partial charge in [-0.3, -0.25) is 4.79 Å². The molecule has 0 spiro atoms. The lowest BCUT2D eigenvalue weighted by atomic mass is 10.0. The average Bonchev–Trinajstić information content (AvgIpc) is 2.39. The average molecular weight is 239 g/mol. The Morgan fingerprint density at radius 2 is 1.39 bits per heavy atom. The molecule has 0 aliphatic carbocycles. The van der Waals surface area contributed by atoms with Crippen molar-refractivity contribution in [2.45, 2.75) is 0 Å². The number of hydrogen-bond acceptors (Lipinski definition) is 2. The van der Waals surface area contributed by atoms with E-state index in [0.29, 0.717) is 16.8 Å². The Morgan fingerprint density at radius 3 is 1.94 bits per heavy atom. The first-order valence-corrected chi connectivity index (χ1v) is 5.46. The lowest BCUT2D eigenvalue weighted by Crippen LogP contribution is -2.21. The highest BCUT2D eigenvalue weighted by Gasteiger charge is 2.07. The smallest absolute Gasteiger partial charge is 0.193 e. The lowest BCUT2D eigenvalue weighted by molar-refractivity contribution is 0.103. The molecule has 0 aromatic heterocycles. The molecule has 0 fully saturated rings. The van der Waals surface area contributed by atoms with Gasteiger partial charge in [0.25, 0.3) is 0 Å². The normalized spacial score (nSPS) is 9.78. The second-order valence-corrected chi connectivity index (χ2v) is 3.78. The van der Waals surface area contributed by atoms with E-state index < -0.39 is 0 Å². The summed E-state index contributed by atoms with van der Waals surface area (Å²) in [5.41, 5.74) is 12.4. The van der Waals surface area contributed by atoms with Crippen LogP contribution >= 0.6 is 0 Å². The summed E-state index contributed by atoms with van der Waals surface area (Å²) in [5, 5.41) is 0. The molecule has 0 aliphatic heterocycles. The third kappa shape index (κ3) is 2.74. The lowest BCUT2D eigenvalue weighted by Gasteiger charge is -2.01. The molecule has 2 aromatic rings. The maximum absolute atomic E-state index is 12.1. The molecule has 4 heteroatoms. The summed E-state index contributed by atoms with van der Waals surface area (Å²) in [7, 11) is 0. The highest BCUT2D eigenvalue weighted by Crippen LogP contribution is 2.15. The zero-order valence-corrected chi connectivity index (χ0v) is 9.71. The molecule has 4 nitrogen and oxygen atoms in total. The molecule has 90 valence electrons. The molecule has 0 aliphatic rings. The van der Waals surface area contributed by atoms with Gasteiger partial charge in [-0.15, -0.1) is 0 Å². The topological polar surface area (TPSA) is 81.5 Å². The first-order chi connectivity index (χ1) is 8.66. The number of rotatable bonds is 3. The van der Waals surface area contributed by atoms with Crippen molar-refractivity contribution in [3.63, 3.8) is 0 Å². The first-order valence-electron chi connectivity index (χ1n) is 5.46. The molecule has 0 saturated heterocycles. The third-order valence-corrected chi connectivity index (χ3v) is 2.42. The van der Waals surface area contributed by atoms with E-state index in [0.717, 1.165) is 0 Å². The SMILES string of the molecule is NC(N)=Nc1ccc(C(=O)c2ccccc2)cc1. The molecule has 0 heterocycles. The van der Waals surface area contributed by atoms with E-state index in [1.807, 2.05) is 18.2 Å². The summed E-state index contributed by atoms with van der Waals surface area (Å²) >= 11 is 0. The number of benzene rings is 2. The Hall–Kier alpha value is -2.62. The zero-order valence-electron chi connectivity index (χ0n) is 9.71. The van der Waals surface area contributed by atoms with Crippen molar-refractivity contribution in [1.29, 1.82) is 0 Å². The quantitative estimate of drug-likeness (QED) is 0.487. The van der Waals surface area contributed by atoms with E-state index in [1.165, 1.54) is 0 Å². The van der Waals surface area contributed by atoms with Crippen LogP contribution in [0.3, 0.4) is 0 Å². The van der Waals surface area contributed by atoms with E-state index in [4.69, 9.17) is 11.5 Å². The fourth-order valence-electron chi connectivity index (χ4n) is 1.59. The van der Waals surface area contributed by atoms with E-state index >= 15 is 0 Å². The molecule has 0 atom stereocenters. The van der Waals surface area contributed by atoms with Crippen molar-refractivity contribution in [1.82, 2.24) is 0 Å². The summed E-state index contributed by atoms with van der Waals surface area (Å²) in [5.74, 6) is -0.0241. The van der Waals surface area contributed by atoms with E-state index in [1.54, 1.807) is 36.4 Å². The van der Waals surface area contributed by atoms with Gasteiger partial charge in [0, 0.05) is 11.1 Å². The van der Waals surface area contributed by atoms with Crippen molar-refractivity contribution in [3.05, 3.63) is 65.7 Å². The van der Waals surface area contributed by atoms with Gasteiger partial charge >= 0.3 is 0 Å². The van der Waals surface area contributed by atoms with Crippen LogP contribution in [0, 0.1) is 0 Å². The number of hydrogen-bond donors (Lipinski definition) is 2. The van der Waals surface area contributed by atoms with Crippen molar-refractivity contribution in [2.75, 3.05) is 0 Å². The molecule has 0 unspecified atom stereocenters. The second-order valence-electron chi connectivity index (χ2n) is 3.78. The van der Waals surface area contributed by atoms with Gasteiger partial charge in [0.1, 0.15) is 0 Å². The molecular weight excluding hydrogens is 226 g/mol. The maximum Gasteiger partial charge on any atom is 0.193 e. The summed E-state index contributed by atoms with van der Waals surface area (Å²) in [6, 6.07) is 15.9.